The van der Waals surface area contributed by atoms with Gasteiger partial charge in [0.15, 0.2) is 0 Å². The van der Waals surface area contributed by atoms with Gasteiger partial charge in [-0.2, -0.15) is 0 Å². The van der Waals surface area contributed by atoms with Crippen molar-refractivity contribution in [2.45, 2.75) is 31.8 Å². The van der Waals surface area contributed by atoms with Gasteiger partial charge in [0.05, 0.1) is 0 Å². The quantitative estimate of drug-likeness (QED) is 0.917. The van der Waals surface area contributed by atoms with Gasteiger partial charge in [-0.3, -0.25) is 4.90 Å². The summed E-state index contributed by atoms with van der Waals surface area (Å²) in [5, 5.41) is 3.55. The molecule has 2 heterocycles. The molecule has 0 bridgehead atoms. The lowest BCUT2D eigenvalue weighted by atomic mass is 9.92. The van der Waals surface area contributed by atoms with Crippen LogP contribution in [-0.2, 0) is 11.3 Å². The summed E-state index contributed by atoms with van der Waals surface area (Å²) >= 11 is 0. The molecule has 3 heteroatoms. The molecule has 1 aromatic carbocycles. The number of ether oxygens (including phenoxy) is 1. The average molecular weight is 274 g/mol. The van der Waals surface area contributed by atoms with Gasteiger partial charge < -0.3 is 10.1 Å². The van der Waals surface area contributed by atoms with Gasteiger partial charge in [-0.1, -0.05) is 24.3 Å². The van der Waals surface area contributed by atoms with E-state index in [-0.39, 0.29) is 0 Å². The fourth-order valence-electron chi connectivity index (χ4n) is 3.68. The van der Waals surface area contributed by atoms with Gasteiger partial charge in [0.1, 0.15) is 0 Å². The fourth-order valence-corrected chi connectivity index (χ4v) is 3.68. The summed E-state index contributed by atoms with van der Waals surface area (Å²) in [7, 11) is 1.82. The normalized spacial score (nSPS) is 25.1. The SMILES string of the molecule is COCC1CCN(C2CCNCc3ccccc32)CC1. The predicted octanol–water partition coefficient (Wildman–Crippen LogP) is 2.58. The number of fused-ring (bicyclic) bond motifs is 1. The van der Waals surface area contributed by atoms with Crippen molar-refractivity contribution in [3.05, 3.63) is 35.4 Å². The number of benzene rings is 1. The van der Waals surface area contributed by atoms with Crippen LogP contribution in [0.2, 0.25) is 0 Å². The first kappa shape index (κ1) is 14.1. The number of piperidine rings is 1. The maximum atomic E-state index is 5.31. The zero-order valence-corrected chi connectivity index (χ0v) is 12.5. The van der Waals surface area contributed by atoms with Crippen molar-refractivity contribution >= 4 is 0 Å². The molecule has 0 aromatic heterocycles. The topological polar surface area (TPSA) is 24.5 Å². The van der Waals surface area contributed by atoms with Gasteiger partial charge in [0.25, 0.3) is 0 Å². The third kappa shape index (κ3) is 3.05. The summed E-state index contributed by atoms with van der Waals surface area (Å²) in [4.78, 5) is 2.69. The van der Waals surface area contributed by atoms with Crippen molar-refractivity contribution in [1.82, 2.24) is 10.2 Å². The summed E-state index contributed by atoms with van der Waals surface area (Å²) in [6.07, 6.45) is 3.78. The highest BCUT2D eigenvalue weighted by atomic mass is 16.5. The molecule has 20 heavy (non-hydrogen) atoms. The molecule has 1 atom stereocenters. The molecule has 0 saturated carbocycles. The minimum absolute atomic E-state index is 0.602. The summed E-state index contributed by atoms with van der Waals surface area (Å²) < 4.78 is 5.31. The van der Waals surface area contributed by atoms with Gasteiger partial charge in [0, 0.05) is 26.3 Å². The highest BCUT2D eigenvalue weighted by molar-refractivity contribution is 5.31. The Morgan fingerprint density at radius 2 is 2.00 bits per heavy atom. The van der Waals surface area contributed by atoms with Crippen LogP contribution in [-0.4, -0.2) is 38.3 Å². The van der Waals surface area contributed by atoms with E-state index >= 15 is 0 Å². The zero-order chi connectivity index (χ0) is 13.8. The molecular weight excluding hydrogens is 248 g/mol. The van der Waals surface area contributed by atoms with E-state index in [1.807, 2.05) is 7.11 Å². The smallest absolute Gasteiger partial charge is 0.0491 e. The molecule has 110 valence electrons. The zero-order valence-electron chi connectivity index (χ0n) is 12.5. The number of nitrogens with one attached hydrogen (secondary N) is 1. The Labute approximate surface area is 122 Å². The number of nitrogens with zero attached hydrogens (tertiary/aromatic N) is 1. The summed E-state index contributed by atoms with van der Waals surface area (Å²) in [5.41, 5.74) is 3.02. The van der Waals surface area contributed by atoms with E-state index in [9.17, 15) is 0 Å². The Kier molecular flexibility index (Phi) is 4.71. The van der Waals surface area contributed by atoms with Crippen LogP contribution in [0.3, 0.4) is 0 Å². The molecule has 1 N–H and O–H groups in total. The maximum Gasteiger partial charge on any atom is 0.0491 e. The van der Waals surface area contributed by atoms with Gasteiger partial charge >= 0.3 is 0 Å². The molecule has 0 aliphatic carbocycles. The number of methoxy groups -OCH3 is 1. The van der Waals surface area contributed by atoms with E-state index in [4.69, 9.17) is 4.74 Å². The van der Waals surface area contributed by atoms with E-state index in [0.29, 0.717) is 6.04 Å². The van der Waals surface area contributed by atoms with Crippen molar-refractivity contribution in [1.29, 1.82) is 0 Å². The lowest BCUT2D eigenvalue weighted by Gasteiger charge is -2.37. The van der Waals surface area contributed by atoms with Crippen LogP contribution < -0.4 is 5.32 Å². The Morgan fingerprint density at radius 3 is 2.80 bits per heavy atom. The number of hydrogen-bond acceptors (Lipinski definition) is 3. The monoisotopic (exact) mass is 274 g/mol. The molecule has 1 fully saturated rings. The highest BCUT2D eigenvalue weighted by Crippen LogP contribution is 2.32. The number of likely N-dealkylation sites (tertiary alicyclic amines) is 1. The van der Waals surface area contributed by atoms with Crippen molar-refractivity contribution in [3.63, 3.8) is 0 Å². The summed E-state index contributed by atoms with van der Waals surface area (Å²) in [6.45, 7) is 5.50. The van der Waals surface area contributed by atoms with E-state index in [1.165, 1.54) is 37.9 Å². The fraction of sp³-hybridized carbons (Fsp3) is 0.647. The lowest BCUT2D eigenvalue weighted by molar-refractivity contribution is 0.0774. The first-order chi connectivity index (χ1) is 9.88. The van der Waals surface area contributed by atoms with Gasteiger partial charge in [-0.05, 0) is 55.9 Å². The largest absolute Gasteiger partial charge is 0.384 e. The number of hydrogen-bond donors (Lipinski definition) is 1. The van der Waals surface area contributed by atoms with Crippen LogP contribution in [0.1, 0.15) is 36.4 Å². The van der Waals surface area contributed by atoms with Crippen molar-refractivity contribution in [2.24, 2.45) is 5.92 Å². The number of rotatable bonds is 3. The van der Waals surface area contributed by atoms with Gasteiger partial charge in [0.2, 0.25) is 0 Å². The minimum Gasteiger partial charge on any atom is -0.384 e. The molecule has 2 aliphatic heterocycles. The molecule has 3 rings (SSSR count). The van der Waals surface area contributed by atoms with Crippen LogP contribution in [0.4, 0.5) is 0 Å². The van der Waals surface area contributed by atoms with Crippen LogP contribution in [0.15, 0.2) is 24.3 Å². The molecule has 1 saturated heterocycles. The maximum absolute atomic E-state index is 5.31. The first-order valence-corrected chi connectivity index (χ1v) is 7.90. The Hall–Kier alpha value is -0.900. The molecular formula is C17H26N2O. The molecule has 0 spiro atoms. The minimum atomic E-state index is 0.602. The molecule has 0 amide bonds. The summed E-state index contributed by atoms with van der Waals surface area (Å²) in [5.74, 6) is 0.760. The van der Waals surface area contributed by atoms with Crippen LogP contribution in [0.5, 0.6) is 0 Å². The third-order valence-electron chi connectivity index (χ3n) is 4.82. The lowest BCUT2D eigenvalue weighted by Crippen LogP contribution is -2.38. The van der Waals surface area contributed by atoms with Crippen LogP contribution in [0, 0.1) is 5.92 Å². The molecule has 1 unspecified atom stereocenters. The Bertz CT molecular complexity index is 427. The second-order valence-electron chi connectivity index (χ2n) is 6.11. The summed E-state index contributed by atoms with van der Waals surface area (Å²) in [6, 6.07) is 9.56. The van der Waals surface area contributed by atoms with Gasteiger partial charge in [-0.15, -0.1) is 0 Å². The highest BCUT2D eigenvalue weighted by Gasteiger charge is 2.28. The Balaban J connectivity index is 1.71. The molecule has 0 radical (unpaired) electrons. The van der Waals surface area contributed by atoms with Crippen molar-refractivity contribution in [2.75, 3.05) is 33.4 Å². The standard InChI is InChI=1S/C17H26N2O/c1-20-13-14-7-10-19(11-8-14)17-6-9-18-12-15-4-2-3-5-16(15)17/h2-5,14,17-18H,6-13H2,1H3. The molecule has 2 aliphatic rings. The van der Waals surface area contributed by atoms with Gasteiger partial charge in [-0.25, -0.2) is 0 Å². The predicted molar refractivity (Wildman–Crippen MR) is 81.7 cm³/mol. The first-order valence-electron chi connectivity index (χ1n) is 7.90. The van der Waals surface area contributed by atoms with E-state index < -0.39 is 0 Å². The Morgan fingerprint density at radius 1 is 1.20 bits per heavy atom. The second kappa shape index (κ2) is 6.70. The van der Waals surface area contributed by atoms with Crippen LogP contribution in [0.25, 0.3) is 0 Å². The van der Waals surface area contributed by atoms with E-state index in [2.05, 4.69) is 34.5 Å². The van der Waals surface area contributed by atoms with Crippen molar-refractivity contribution < 1.29 is 4.74 Å². The molecule has 1 aromatic rings. The average Bonchev–Trinajstić information content (AvgIpc) is 2.71. The second-order valence-corrected chi connectivity index (χ2v) is 6.11. The third-order valence-corrected chi connectivity index (χ3v) is 4.82. The molecule has 3 nitrogen and oxygen atoms in total. The van der Waals surface area contributed by atoms with E-state index in [0.717, 1.165) is 25.6 Å². The van der Waals surface area contributed by atoms with Crippen molar-refractivity contribution in [3.8, 4) is 0 Å². The van der Waals surface area contributed by atoms with E-state index in [1.54, 1.807) is 5.56 Å². The van der Waals surface area contributed by atoms with Crippen LogP contribution >= 0.6 is 0 Å².